The van der Waals surface area contributed by atoms with Gasteiger partial charge in [-0.2, -0.15) is 0 Å². The Bertz CT molecular complexity index is 414. The van der Waals surface area contributed by atoms with Crippen LogP contribution in [0, 0.1) is 0 Å². The summed E-state index contributed by atoms with van der Waals surface area (Å²) in [5.41, 5.74) is 1.47. The van der Waals surface area contributed by atoms with Crippen LogP contribution < -0.4 is 4.74 Å². The third-order valence-electron chi connectivity index (χ3n) is 1.77. The molecule has 1 aromatic heterocycles. The van der Waals surface area contributed by atoms with Gasteiger partial charge in [0.05, 0.1) is 11.7 Å². The van der Waals surface area contributed by atoms with E-state index in [-0.39, 0.29) is 17.9 Å². The van der Waals surface area contributed by atoms with Gasteiger partial charge < -0.3 is 4.74 Å². The van der Waals surface area contributed by atoms with Gasteiger partial charge in [0.2, 0.25) is 5.06 Å². The zero-order chi connectivity index (χ0) is 11.5. The molecule has 0 aliphatic carbocycles. The summed E-state index contributed by atoms with van der Waals surface area (Å²) >= 11 is 1.09. The summed E-state index contributed by atoms with van der Waals surface area (Å²) in [4.78, 5) is 41.5. The normalized spacial score (nSPS) is 15.4. The van der Waals surface area contributed by atoms with Gasteiger partial charge in [0.25, 0.3) is 11.8 Å². The van der Waals surface area contributed by atoms with Crippen molar-refractivity contribution in [1.29, 1.82) is 0 Å². The Morgan fingerprint density at radius 2 is 2.06 bits per heavy atom. The average Bonchev–Trinajstić information content (AvgIpc) is 2.83. The minimum Gasteiger partial charge on any atom is -0.381 e. The highest BCUT2D eigenvalue weighted by Gasteiger charge is 2.33. The van der Waals surface area contributed by atoms with Gasteiger partial charge in [-0.25, -0.2) is 9.78 Å². The molecule has 1 aliphatic rings. The van der Waals surface area contributed by atoms with E-state index in [9.17, 15) is 14.4 Å². The van der Waals surface area contributed by atoms with Gasteiger partial charge in [-0.3, -0.25) is 14.4 Å². The third kappa shape index (κ3) is 2.16. The van der Waals surface area contributed by atoms with E-state index in [2.05, 4.69) is 14.6 Å². The highest BCUT2D eigenvalue weighted by atomic mass is 32.1. The summed E-state index contributed by atoms with van der Waals surface area (Å²) in [5, 5.41) is 0.646. The van der Waals surface area contributed by atoms with Crippen LogP contribution in [0.5, 0.6) is 5.06 Å². The molecule has 0 saturated carbocycles. The van der Waals surface area contributed by atoms with Gasteiger partial charge in [0.15, 0.2) is 0 Å². The smallest absolute Gasteiger partial charge is 0.381 e. The SMILES string of the molecule is O=C(Oc1cncs1)ON1C(=O)CCC1=O. The summed E-state index contributed by atoms with van der Waals surface area (Å²) in [6.07, 6.45) is 0.284. The van der Waals surface area contributed by atoms with Crippen molar-refractivity contribution in [3.05, 3.63) is 11.7 Å². The van der Waals surface area contributed by atoms with Crippen LogP contribution in [0.1, 0.15) is 12.8 Å². The summed E-state index contributed by atoms with van der Waals surface area (Å²) in [6, 6.07) is 0. The van der Waals surface area contributed by atoms with Crippen molar-refractivity contribution >= 4 is 29.3 Å². The lowest BCUT2D eigenvalue weighted by Crippen LogP contribution is -2.33. The molecule has 1 aromatic rings. The number of ether oxygens (including phenoxy) is 1. The van der Waals surface area contributed by atoms with Crippen LogP contribution >= 0.6 is 11.3 Å². The van der Waals surface area contributed by atoms with Crippen molar-refractivity contribution in [2.75, 3.05) is 0 Å². The van der Waals surface area contributed by atoms with E-state index in [1.165, 1.54) is 11.7 Å². The van der Waals surface area contributed by atoms with Gasteiger partial charge in [0.1, 0.15) is 0 Å². The lowest BCUT2D eigenvalue weighted by molar-refractivity contribution is -0.174. The van der Waals surface area contributed by atoms with E-state index in [0.717, 1.165) is 11.3 Å². The van der Waals surface area contributed by atoms with E-state index < -0.39 is 18.0 Å². The Hall–Kier alpha value is -1.96. The Kier molecular flexibility index (Phi) is 2.82. The molecule has 7 nitrogen and oxygen atoms in total. The molecule has 84 valence electrons. The van der Waals surface area contributed by atoms with Crippen LogP contribution in [0.25, 0.3) is 0 Å². The molecule has 1 aliphatic heterocycles. The van der Waals surface area contributed by atoms with E-state index in [1.807, 2.05) is 0 Å². The quantitative estimate of drug-likeness (QED) is 0.561. The first-order valence-corrected chi connectivity index (χ1v) is 5.19. The lowest BCUT2D eigenvalue weighted by Gasteiger charge is -2.10. The van der Waals surface area contributed by atoms with Crippen molar-refractivity contribution < 1.29 is 24.0 Å². The Morgan fingerprint density at radius 3 is 2.62 bits per heavy atom. The van der Waals surface area contributed by atoms with Crippen molar-refractivity contribution in [3.63, 3.8) is 0 Å². The molecule has 0 unspecified atom stereocenters. The number of carbonyl (C=O) groups is 3. The fraction of sp³-hybridized carbons (Fsp3) is 0.250. The zero-order valence-electron chi connectivity index (χ0n) is 7.91. The first kappa shape index (κ1) is 10.6. The van der Waals surface area contributed by atoms with Gasteiger partial charge in [-0.15, -0.1) is 0 Å². The molecule has 2 rings (SSSR count). The number of carbonyl (C=O) groups excluding carboxylic acids is 3. The maximum Gasteiger partial charge on any atom is 0.540 e. The van der Waals surface area contributed by atoms with E-state index in [1.54, 1.807) is 0 Å². The summed E-state index contributed by atoms with van der Waals surface area (Å²) in [5.74, 6) is -1.10. The molecular weight excluding hydrogens is 236 g/mol. The number of nitrogens with zero attached hydrogens (tertiary/aromatic N) is 2. The topological polar surface area (TPSA) is 85.8 Å². The second kappa shape index (κ2) is 4.27. The molecule has 0 atom stereocenters. The molecule has 8 heteroatoms. The maximum absolute atomic E-state index is 11.1. The molecule has 2 heterocycles. The van der Waals surface area contributed by atoms with E-state index >= 15 is 0 Å². The number of hydroxylamine groups is 2. The number of amides is 2. The molecular formula is C8H6N2O5S. The maximum atomic E-state index is 11.1. The third-order valence-corrected chi connectivity index (χ3v) is 2.41. The lowest BCUT2D eigenvalue weighted by atomic mass is 10.4. The summed E-state index contributed by atoms with van der Waals surface area (Å²) < 4.78 is 4.66. The zero-order valence-corrected chi connectivity index (χ0v) is 8.73. The van der Waals surface area contributed by atoms with Crippen LogP contribution in [-0.4, -0.2) is 28.0 Å². The van der Waals surface area contributed by atoms with Gasteiger partial charge in [0, 0.05) is 12.8 Å². The monoisotopic (exact) mass is 242 g/mol. The molecule has 1 fully saturated rings. The van der Waals surface area contributed by atoms with E-state index in [0.29, 0.717) is 5.06 Å². The molecule has 0 radical (unpaired) electrons. The van der Waals surface area contributed by atoms with Crippen molar-refractivity contribution in [2.45, 2.75) is 12.8 Å². The Labute approximate surface area is 93.5 Å². The molecule has 0 aromatic carbocycles. The van der Waals surface area contributed by atoms with Gasteiger partial charge in [-0.1, -0.05) is 16.4 Å². The number of thiazole rings is 1. The molecule has 2 amide bonds. The molecule has 1 saturated heterocycles. The van der Waals surface area contributed by atoms with Crippen molar-refractivity contribution in [1.82, 2.24) is 10.0 Å². The predicted octanol–water partition coefficient (Wildman–Crippen LogP) is 0.722. The van der Waals surface area contributed by atoms with Crippen LogP contribution in [0.4, 0.5) is 4.79 Å². The average molecular weight is 242 g/mol. The number of hydrogen-bond acceptors (Lipinski definition) is 7. The number of imide groups is 1. The fourth-order valence-electron chi connectivity index (χ4n) is 1.09. The van der Waals surface area contributed by atoms with Crippen molar-refractivity contribution in [3.8, 4) is 5.06 Å². The fourth-order valence-corrected chi connectivity index (χ4v) is 1.55. The van der Waals surface area contributed by atoms with E-state index in [4.69, 9.17) is 0 Å². The number of rotatable bonds is 2. The van der Waals surface area contributed by atoms with Crippen molar-refractivity contribution in [2.24, 2.45) is 0 Å². The second-order valence-corrected chi connectivity index (χ2v) is 3.69. The van der Waals surface area contributed by atoms with Crippen LogP contribution in [0.3, 0.4) is 0 Å². The Balaban J connectivity index is 1.92. The minimum absolute atomic E-state index is 0.0483. The highest BCUT2D eigenvalue weighted by Crippen LogP contribution is 2.18. The first-order chi connectivity index (χ1) is 7.66. The number of aromatic nitrogens is 1. The predicted molar refractivity (Wildman–Crippen MR) is 50.3 cm³/mol. The standard InChI is InChI=1S/C8H6N2O5S/c11-5-1-2-6(12)10(5)15-8(13)14-7-3-9-4-16-7/h3-4H,1-2H2. The van der Waals surface area contributed by atoms with Gasteiger partial charge in [-0.05, 0) is 0 Å². The van der Waals surface area contributed by atoms with Crippen LogP contribution in [-0.2, 0) is 14.4 Å². The van der Waals surface area contributed by atoms with Crippen LogP contribution in [0.15, 0.2) is 11.7 Å². The van der Waals surface area contributed by atoms with Gasteiger partial charge >= 0.3 is 6.16 Å². The summed E-state index contributed by atoms with van der Waals surface area (Å²) in [7, 11) is 0. The highest BCUT2D eigenvalue weighted by molar-refractivity contribution is 7.11. The second-order valence-electron chi connectivity index (χ2n) is 2.85. The minimum atomic E-state index is -1.13. The number of hydrogen-bond donors (Lipinski definition) is 0. The largest absolute Gasteiger partial charge is 0.540 e. The van der Waals surface area contributed by atoms with Crippen LogP contribution in [0.2, 0.25) is 0 Å². The first-order valence-electron chi connectivity index (χ1n) is 4.31. The summed E-state index contributed by atoms with van der Waals surface area (Å²) in [6.45, 7) is 0. The molecule has 0 N–H and O–H groups in total. The molecule has 0 spiro atoms. The molecule has 0 bridgehead atoms. The molecule has 16 heavy (non-hydrogen) atoms. The Morgan fingerprint density at radius 1 is 1.38 bits per heavy atom.